The van der Waals surface area contributed by atoms with E-state index in [-0.39, 0.29) is 24.8 Å². The zero-order valence-electron chi connectivity index (χ0n) is 13.5. The lowest BCUT2D eigenvalue weighted by Crippen LogP contribution is -2.28. The molecule has 130 valence electrons. The molecule has 1 heterocycles. The van der Waals surface area contributed by atoms with Crippen molar-refractivity contribution in [3.8, 4) is 5.75 Å². The average molecular weight is 379 g/mol. The summed E-state index contributed by atoms with van der Waals surface area (Å²) in [5.41, 5.74) is 1.18. The number of methoxy groups -OCH3 is 1. The lowest BCUT2D eigenvalue weighted by Gasteiger charge is -2.18. The lowest BCUT2D eigenvalue weighted by atomic mass is 10.1. The molecule has 2 amide bonds. The number of benzene rings is 2. The predicted octanol–water partition coefficient (Wildman–Crippen LogP) is 3.99. The highest BCUT2D eigenvalue weighted by Gasteiger charge is 2.36. The molecule has 1 aliphatic rings. The van der Waals surface area contributed by atoms with E-state index in [1.165, 1.54) is 4.90 Å². The summed E-state index contributed by atoms with van der Waals surface area (Å²) < 4.78 is 5.08. The number of hydrogen-bond acceptors (Lipinski definition) is 3. The number of carbonyl (C=O) groups excluding carboxylic acids is 2. The van der Waals surface area contributed by atoms with Gasteiger partial charge in [0.25, 0.3) is 0 Å². The predicted molar refractivity (Wildman–Crippen MR) is 98.5 cm³/mol. The van der Waals surface area contributed by atoms with Crippen molar-refractivity contribution in [2.75, 3.05) is 23.9 Å². The fourth-order valence-corrected chi connectivity index (χ4v) is 3.11. The minimum Gasteiger partial charge on any atom is -0.497 e. The normalized spacial score (nSPS) is 16.8. The molecule has 1 aliphatic heterocycles. The number of carbonyl (C=O) groups is 2. The highest BCUT2D eigenvalue weighted by molar-refractivity contribution is 6.36. The Morgan fingerprint density at radius 2 is 1.92 bits per heavy atom. The van der Waals surface area contributed by atoms with Gasteiger partial charge >= 0.3 is 0 Å². The standard InChI is InChI=1S/C18H16Cl2N2O3/c1-25-14-5-3-13(4-6-14)21-18(24)11-8-17(23)22(10-11)16-9-12(19)2-7-15(16)20/h2-7,9,11H,8,10H2,1H3,(H,21,24). The highest BCUT2D eigenvalue weighted by Crippen LogP contribution is 2.33. The van der Waals surface area contributed by atoms with Crippen LogP contribution < -0.4 is 15.0 Å². The van der Waals surface area contributed by atoms with Gasteiger partial charge in [-0.05, 0) is 42.5 Å². The molecule has 2 aromatic carbocycles. The molecule has 25 heavy (non-hydrogen) atoms. The summed E-state index contributed by atoms with van der Waals surface area (Å²) >= 11 is 12.2. The van der Waals surface area contributed by atoms with E-state index in [9.17, 15) is 9.59 Å². The van der Waals surface area contributed by atoms with Crippen molar-refractivity contribution in [1.29, 1.82) is 0 Å². The number of halogens is 2. The number of nitrogens with one attached hydrogen (secondary N) is 1. The van der Waals surface area contributed by atoms with Crippen molar-refractivity contribution in [2.24, 2.45) is 5.92 Å². The Labute approximate surface area is 155 Å². The zero-order chi connectivity index (χ0) is 18.0. The fraction of sp³-hybridized carbons (Fsp3) is 0.222. The van der Waals surface area contributed by atoms with E-state index in [1.807, 2.05) is 0 Å². The quantitative estimate of drug-likeness (QED) is 0.874. The number of amides is 2. The maximum Gasteiger partial charge on any atom is 0.229 e. The third kappa shape index (κ3) is 3.89. The van der Waals surface area contributed by atoms with Gasteiger partial charge in [-0.2, -0.15) is 0 Å². The van der Waals surface area contributed by atoms with Crippen LogP contribution in [0.1, 0.15) is 6.42 Å². The summed E-state index contributed by atoms with van der Waals surface area (Å²) in [5.74, 6) is -0.112. The topological polar surface area (TPSA) is 58.6 Å². The van der Waals surface area contributed by atoms with Crippen LogP contribution in [-0.2, 0) is 9.59 Å². The Bertz CT molecular complexity index is 808. The van der Waals surface area contributed by atoms with Gasteiger partial charge in [0.05, 0.1) is 23.7 Å². The summed E-state index contributed by atoms with van der Waals surface area (Å²) in [7, 11) is 1.58. The van der Waals surface area contributed by atoms with Crippen molar-refractivity contribution in [3.63, 3.8) is 0 Å². The molecule has 7 heteroatoms. The first kappa shape index (κ1) is 17.6. The van der Waals surface area contributed by atoms with Gasteiger partial charge in [0.1, 0.15) is 5.75 Å². The van der Waals surface area contributed by atoms with Gasteiger partial charge < -0.3 is 15.0 Å². The lowest BCUT2D eigenvalue weighted by molar-refractivity contribution is -0.122. The first-order valence-electron chi connectivity index (χ1n) is 7.68. The molecule has 0 aromatic heterocycles. The van der Waals surface area contributed by atoms with E-state index < -0.39 is 5.92 Å². The summed E-state index contributed by atoms with van der Waals surface area (Å²) in [6.45, 7) is 0.265. The maximum absolute atomic E-state index is 12.5. The van der Waals surface area contributed by atoms with Gasteiger partial charge in [0, 0.05) is 23.7 Å². The Morgan fingerprint density at radius 1 is 1.20 bits per heavy atom. The Kier molecular flexibility index (Phi) is 5.16. The minimum absolute atomic E-state index is 0.130. The summed E-state index contributed by atoms with van der Waals surface area (Å²) in [6, 6.07) is 11.9. The molecule has 0 aliphatic carbocycles. The van der Waals surface area contributed by atoms with Gasteiger partial charge in [-0.3, -0.25) is 9.59 Å². The smallest absolute Gasteiger partial charge is 0.229 e. The highest BCUT2D eigenvalue weighted by atomic mass is 35.5. The van der Waals surface area contributed by atoms with Gasteiger partial charge in [0.15, 0.2) is 0 Å². The monoisotopic (exact) mass is 378 g/mol. The largest absolute Gasteiger partial charge is 0.497 e. The molecule has 1 unspecified atom stereocenters. The average Bonchev–Trinajstić information content (AvgIpc) is 2.99. The molecule has 5 nitrogen and oxygen atoms in total. The van der Waals surface area contributed by atoms with Gasteiger partial charge in [-0.25, -0.2) is 0 Å². The van der Waals surface area contributed by atoms with Crippen LogP contribution in [0.2, 0.25) is 10.0 Å². The molecule has 1 atom stereocenters. The number of ether oxygens (including phenoxy) is 1. The minimum atomic E-state index is -0.454. The van der Waals surface area contributed by atoms with Crippen LogP contribution in [0, 0.1) is 5.92 Å². The van der Waals surface area contributed by atoms with Crippen LogP contribution in [0.15, 0.2) is 42.5 Å². The second kappa shape index (κ2) is 7.33. The van der Waals surface area contributed by atoms with Gasteiger partial charge in [-0.15, -0.1) is 0 Å². The van der Waals surface area contributed by atoms with Gasteiger partial charge in [0.2, 0.25) is 11.8 Å². The van der Waals surface area contributed by atoms with Crippen molar-refractivity contribution < 1.29 is 14.3 Å². The van der Waals surface area contributed by atoms with Crippen LogP contribution in [0.4, 0.5) is 11.4 Å². The molecule has 0 saturated carbocycles. The van der Waals surface area contributed by atoms with E-state index >= 15 is 0 Å². The molecule has 0 radical (unpaired) electrons. The SMILES string of the molecule is COc1ccc(NC(=O)C2CC(=O)N(c3cc(Cl)ccc3Cl)C2)cc1. The van der Waals surface area contributed by atoms with Crippen LogP contribution in [-0.4, -0.2) is 25.5 Å². The molecule has 3 rings (SSSR count). The first-order chi connectivity index (χ1) is 12.0. The molecule has 1 saturated heterocycles. The number of hydrogen-bond donors (Lipinski definition) is 1. The van der Waals surface area contributed by atoms with Crippen molar-refractivity contribution in [2.45, 2.75) is 6.42 Å². The summed E-state index contributed by atoms with van der Waals surface area (Å²) in [6.07, 6.45) is 0.130. The molecule has 0 bridgehead atoms. The third-order valence-corrected chi connectivity index (χ3v) is 4.61. The van der Waals surface area contributed by atoms with E-state index in [1.54, 1.807) is 49.6 Å². The van der Waals surface area contributed by atoms with Crippen LogP contribution in [0.5, 0.6) is 5.75 Å². The number of rotatable bonds is 4. The Morgan fingerprint density at radius 3 is 2.60 bits per heavy atom. The Hall–Kier alpha value is -2.24. The van der Waals surface area contributed by atoms with E-state index in [0.29, 0.717) is 27.2 Å². The summed E-state index contributed by atoms with van der Waals surface area (Å²) in [4.78, 5) is 26.3. The number of nitrogens with zero attached hydrogens (tertiary/aromatic N) is 1. The first-order valence-corrected chi connectivity index (χ1v) is 8.44. The van der Waals surface area contributed by atoms with Crippen LogP contribution in [0.25, 0.3) is 0 Å². The Balaban J connectivity index is 1.71. The van der Waals surface area contributed by atoms with Crippen LogP contribution >= 0.6 is 23.2 Å². The summed E-state index contributed by atoms with van der Waals surface area (Å²) in [5, 5.41) is 3.73. The molecule has 1 N–H and O–H groups in total. The second-order valence-corrected chi connectivity index (χ2v) is 6.56. The fourth-order valence-electron chi connectivity index (χ4n) is 2.73. The van der Waals surface area contributed by atoms with Crippen molar-refractivity contribution in [3.05, 3.63) is 52.5 Å². The third-order valence-electron chi connectivity index (χ3n) is 4.05. The molecule has 2 aromatic rings. The van der Waals surface area contributed by atoms with Crippen molar-refractivity contribution >= 4 is 46.4 Å². The van der Waals surface area contributed by atoms with E-state index in [4.69, 9.17) is 27.9 Å². The second-order valence-electron chi connectivity index (χ2n) is 5.72. The van der Waals surface area contributed by atoms with E-state index in [2.05, 4.69) is 5.32 Å². The van der Waals surface area contributed by atoms with Crippen LogP contribution in [0.3, 0.4) is 0 Å². The molecular formula is C18H16Cl2N2O3. The zero-order valence-corrected chi connectivity index (χ0v) is 15.0. The number of anilines is 2. The molecule has 1 fully saturated rings. The molecule has 0 spiro atoms. The van der Waals surface area contributed by atoms with E-state index in [0.717, 1.165) is 0 Å². The molecular weight excluding hydrogens is 363 g/mol. The van der Waals surface area contributed by atoms with Crippen molar-refractivity contribution in [1.82, 2.24) is 0 Å². The van der Waals surface area contributed by atoms with Gasteiger partial charge in [-0.1, -0.05) is 23.2 Å². The maximum atomic E-state index is 12.5.